The molecule has 33 heavy (non-hydrogen) atoms. The molecule has 2 fully saturated rings. The van der Waals surface area contributed by atoms with Crippen molar-refractivity contribution in [2.75, 3.05) is 26.2 Å². The Labute approximate surface area is 190 Å². The Morgan fingerprint density at radius 3 is 2.52 bits per heavy atom. The van der Waals surface area contributed by atoms with E-state index in [9.17, 15) is 14.0 Å². The molecule has 1 atom stereocenters. The molecule has 172 valence electrons. The van der Waals surface area contributed by atoms with E-state index >= 15 is 0 Å². The van der Waals surface area contributed by atoms with Crippen LogP contribution in [0.1, 0.15) is 35.8 Å². The lowest BCUT2D eigenvalue weighted by molar-refractivity contribution is -0.126. The lowest BCUT2D eigenvalue weighted by Gasteiger charge is -2.37. The molecule has 9 heteroatoms. The van der Waals surface area contributed by atoms with Crippen LogP contribution in [-0.2, 0) is 4.79 Å². The Hall–Kier alpha value is -3.33. The number of piperazine rings is 1. The van der Waals surface area contributed by atoms with Crippen molar-refractivity contribution in [1.29, 1.82) is 0 Å². The molecule has 3 heterocycles. The maximum Gasteiger partial charge on any atom is 0.259 e. The van der Waals surface area contributed by atoms with Gasteiger partial charge in [-0.1, -0.05) is 5.16 Å². The van der Waals surface area contributed by atoms with Crippen LogP contribution in [-0.4, -0.2) is 70.0 Å². The predicted octanol–water partition coefficient (Wildman–Crippen LogP) is 2.76. The zero-order chi connectivity index (χ0) is 23.1. The minimum absolute atomic E-state index is 0.0529. The van der Waals surface area contributed by atoms with Crippen LogP contribution in [0.2, 0.25) is 0 Å². The summed E-state index contributed by atoms with van der Waals surface area (Å²) in [6.45, 7) is 5.95. The molecule has 1 aliphatic heterocycles. The van der Waals surface area contributed by atoms with Gasteiger partial charge in [0.1, 0.15) is 5.82 Å². The maximum atomic E-state index is 13.5. The molecule has 0 bridgehead atoms. The van der Waals surface area contributed by atoms with Crippen LogP contribution in [0.15, 0.2) is 34.9 Å². The average Bonchev–Trinajstić information content (AvgIpc) is 3.57. The summed E-state index contributed by atoms with van der Waals surface area (Å²) in [5, 5.41) is 7.63. The number of aryl methyl sites for hydroxylation is 1. The molecule has 1 saturated heterocycles. The van der Waals surface area contributed by atoms with Gasteiger partial charge in [-0.05, 0) is 57.0 Å². The quantitative estimate of drug-likeness (QED) is 0.642. The lowest BCUT2D eigenvalue weighted by atomic mass is 10.0. The first-order valence-electron chi connectivity index (χ1n) is 11.3. The van der Waals surface area contributed by atoms with Gasteiger partial charge in [0.2, 0.25) is 5.91 Å². The van der Waals surface area contributed by atoms with E-state index in [2.05, 4.69) is 20.4 Å². The van der Waals surface area contributed by atoms with Gasteiger partial charge in [0.15, 0.2) is 0 Å². The fourth-order valence-electron chi connectivity index (χ4n) is 4.23. The number of nitrogens with one attached hydrogen (secondary N) is 1. The molecule has 1 aromatic carbocycles. The van der Waals surface area contributed by atoms with Gasteiger partial charge in [-0.25, -0.2) is 9.37 Å². The van der Waals surface area contributed by atoms with Crippen LogP contribution in [0.3, 0.4) is 0 Å². The third kappa shape index (κ3) is 4.32. The van der Waals surface area contributed by atoms with Crippen molar-refractivity contribution < 1.29 is 18.5 Å². The topological polar surface area (TPSA) is 91.6 Å². The van der Waals surface area contributed by atoms with Crippen LogP contribution in [0.4, 0.5) is 4.39 Å². The summed E-state index contributed by atoms with van der Waals surface area (Å²) in [5.41, 5.74) is 2.54. The molecule has 3 aromatic rings. The summed E-state index contributed by atoms with van der Waals surface area (Å²) in [6, 6.07) is 7.78. The number of benzene rings is 1. The van der Waals surface area contributed by atoms with E-state index in [0.29, 0.717) is 60.1 Å². The lowest BCUT2D eigenvalue weighted by Crippen LogP contribution is -2.55. The van der Waals surface area contributed by atoms with E-state index in [4.69, 9.17) is 4.52 Å². The van der Waals surface area contributed by atoms with Gasteiger partial charge in [0, 0.05) is 37.8 Å². The number of aromatic nitrogens is 2. The largest absolute Gasteiger partial charge is 0.352 e. The summed E-state index contributed by atoms with van der Waals surface area (Å²) in [4.78, 5) is 34.3. The number of pyridine rings is 1. The van der Waals surface area contributed by atoms with Gasteiger partial charge in [-0.15, -0.1) is 0 Å². The molecular formula is C24H26FN5O3. The minimum atomic E-state index is -0.343. The van der Waals surface area contributed by atoms with Crippen molar-refractivity contribution in [2.45, 2.75) is 38.8 Å². The zero-order valence-corrected chi connectivity index (χ0v) is 18.7. The second kappa shape index (κ2) is 8.55. The highest BCUT2D eigenvalue weighted by atomic mass is 19.1. The Bertz CT molecular complexity index is 1200. The van der Waals surface area contributed by atoms with E-state index in [1.165, 1.54) is 12.1 Å². The number of fused-ring (bicyclic) bond motifs is 1. The van der Waals surface area contributed by atoms with Gasteiger partial charge in [-0.2, -0.15) is 0 Å². The fourth-order valence-corrected chi connectivity index (χ4v) is 4.23. The molecule has 2 amide bonds. The highest BCUT2D eigenvalue weighted by molar-refractivity contribution is 6.07. The monoisotopic (exact) mass is 451 g/mol. The summed E-state index contributed by atoms with van der Waals surface area (Å²) in [6.07, 6.45) is 2.12. The van der Waals surface area contributed by atoms with Crippen LogP contribution >= 0.6 is 0 Å². The molecule has 2 aromatic heterocycles. The molecule has 1 unspecified atom stereocenters. The van der Waals surface area contributed by atoms with E-state index < -0.39 is 0 Å². The maximum absolute atomic E-state index is 13.5. The summed E-state index contributed by atoms with van der Waals surface area (Å²) < 4.78 is 18.7. The first-order chi connectivity index (χ1) is 15.9. The second-order valence-corrected chi connectivity index (χ2v) is 8.80. The minimum Gasteiger partial charge on any atom is -0.352 e. The Morgan fingerprint density at radius 2 is 1.85 bits per heavy atom. The van der Waals surface area contributed by atoms with Crippen molar-refractivity contribution in [3.05, 3.63) is 47.4 Å². The van der Waals surface area contributed by atoms with Gasteiger partial charge in [0.25, 0.3) is 11.6 Å². The van der Waals surface area contributed by atoms with Gasteiger partial charge < -0.3 is 14.7 Å². The van der Waals surface area contributed by atoms with Crippen LogP contribution < -0.4 is 5.32 Å². The van der Waals surface area contributed by atoms with E-state index in [1.54, 1.807) is 30.0 Å². The van der Waals surface area contributed by atoms with Crippen LogP contribution in [0, 0.1) is 12.7 Å². The molecule has 0 radical (unpaired) electrons. The number of hydrogen-bond donors (Lipinski definition) is 1. The number of rotatable bonds is 5. The number of nitrogens with zero attached hydrogens (tertiary/aromatic N) is 4. The highest BCUT2D eigenvalue weighted by Gasteiger charge is 2.32. The first-order valence-corrected chi connectivity index (χ1v) is 11.3. The van der Waals surface area contributed by atoms with Crippen LogP contribution in [0.25, 0.3) is 22.4 Å². The SMILES string of the molecule is Cc1noc2nc(-c3ccc(F)cc3)cc(C(=O)N3CCN(C(C)C(=O)NC4CC4)CC3)c12. The number of carbonyl (C=O) groups is 2. The number of amides is 2. The standard InChI is InChI=1S/C24H26FN5O3/c1-14-21-19(13-20(27-23(21)33-28-14)16-3-5-17(25)6-4-16)24(32)30-11-9-29(10-12-30)15(2)22(31)26-18-7-8-18/h3-6,13,15,18H,7-12H2,1-2H3,(H,26,31). The Balaban J connectivity index is 1.36. The van der Waals surface area contributed by atoms with Crippen LogP contribution in [0.5, 0.6) is 0 Å². The van der Waals surface area contributed by atoms with Crippen molar-refractivity contribution in [2.24, 2.45) is 0 Å². The molecule has 1 aliphatic carbocycles. The second-order valence-electron chi connectivity index (χ2n) is 8.80. The Kier molecular flexibility index (Phi) is 5.57. The normalized spacial score (nSPS) is 17.8. The van der Waals surface area contributed by atoms with Gasteiger partial charge in [0.05, 0.1) is 28.4 Å². The smallest absolute Gasteiger partial charge is 0.259 e. The number of carbonyl (C=O) groups excluding carboxylic acids is 2. The number of hydrogen-bond acceptors (Lipinski definition) is 6. The van der Waals surface area contributed by atoms with E-state index in [0.717, 1.165) is 12.8 Å². The molecule has 5 rings (SSSR count). The predicted molar refractivity (Wildman–Crippen MR) is 120 cm³/mol. The van der Waals surface area contributed by atoms with Crippen molar-refractivity contribution in [1.82, 2.24) is 25.3 Å². The molecule has 2 aliphatic rings. The van der Waals surface area contributed by atoms with Crippen molar-refractivity contribution in [3.8, 4) is 11.3 Å². The zero-order valence-electron chi connectivity index (χ0n) is 18.7. The van der Waals surface area contributed by atoms with Crippen molar-refractivity contribution in [3.63, 3.8) is 0 Å². The summed E-state index contributed by atoms with van der Waals surface area (Å²) >= 11 is 0. The first kappa shape index (κ1) is 21.5. The summed E-state index contributed by atoms with van der Waals surface area (Å²) in [5.74, 6) is -0.423. The van der Waals surface area contributed by atoms with Gasteiger partial charge >= 0.3 is 0 Å². The van der Waals surface area contributed by atoms with E-state index in [-0.39, 0.29) is 29.4 Å². The molecule has 1 N–H and O–H groups in total. The third-order valence-electron chi connectivity index (χ3n) is 6.44. The van der Waals surface area contributed by atoms with E-state index in [1.807, 2.05) is 6.92 Å². The summed E-state index contributed by atoms with van der Waals surface area (Å²) in [7, 11) is 0. The third-order valence-corrected chi connectivity index (χ3v) is 6.44. The number of halogens is 1. The molecule has 0 spiro atoms. The Morgan fingerprint density at radius 1 is 1.15 bits per heavy atom. The molecule has 1 saturated carbocycles. The van der Waals surface area contributed by atoms with Crippen molar-refractivity contribution >= 4 is 22.9 Å². The molecule has 8 nitrogen and oxygen atoms in total. The van der Waals surface area contributed by atoms with Gasteiger partial charge in [-0.3, -0.25) is 14.5 Å². The molecular weight excluding hydrogens is 425 g/mol. The highest BCUT2D eigenvalue weighted by Crippen LogP contribution is 2.28. The fraction of sp³-hybridized carbons (Fsp3) is 0.417. The average molecular weight is 452 g/mol.